The number of hydrogen-bond donors (Lipinski definition) is 1. The highest BCUT2D eigenvalue weighted by Crippen LogP contribution is 2.35. The predicted molar refractivity (Wildman–Crippen MR) is 70.6 cm³/mol. The summed E-state index contributed by atoms with van der Waals surface area (Å²) < 4.78 is 4.66. The van der Waals surface area contributed by atoms with Gasteiger partial charge in [0.05, 0.1) is 7.11 Å². The molecule has 6 nitrogen and oxygen atoms in total. The maximum Gasteiger partial charge on any atom is 0.409 e. The van der Waals surface area contributed by atoms with E-state index in [4.69, 9.17) is 0 Å². The number of methoxy groups -OCH3 is 1. The molecule has 106 valence electrons. The van der Waals surface area contributed by atoms with Crippen molar-refractivity contribution in [1.29, 1.82) is 0 Å². The number of rotatable bonds is 2. The van der Waals surface area contributed by atoms with Crippen LogP contribution in [0.25, 0.3) is 0 Å². The van der Waals surface area contributed by atoms with Crippen molar-refractivity contribution in [2.75, 3.05) is 33.3 Å². The molecule has 0 radical (unpaired) electrons. The van der Waals surface area contributed by atoms with Crippen molar-refractivity contribution in [2.24, 2.45) is 5.92 Å². The standard InChI is InChI=1S/C13H21N3O3/c1-10(11-3-4-11)9-14-12(17)15-5-7-16(8-6-15)13(18)19-2/h9,11H,3-8H2,1-2H3,(H,14,17)/b10-9+. The second kappa shape index (κ2) is 5.95. The molecule has 1 heterocycles. The number of carbonyl (C=O) groups is 2. The molecule has 2 rings (SSSR count). The summed E-state index contributed by atoms with van der Waals surface area (Å²) in [6, 6.07) is -0.0930. The number of hydrogen-bond acceptors (Lipinski definition) is 3. The van der Waals surface area contributed by atoms with Crippen LogP contribution in [0.3, 0.4) is 0 Å². The summed E-state index contributed by atoms with van der Waals surface area (Å²) in [7, 11) is 1.37. The molecule has 1 aliphatic carbocycles. The molecule has 1 aliphatic heterocycles. The Morgan fingerprint density at radius 2 is 1.74 bits per heavy atom. The Balaban J connectivity index is 1.75. The maximum atomic E-state index is 11.9. The first-order chi connectivity index (χ1) is 9.11. The predicted octanol–water partition coefficient (Wildman–Crippen LogP) is 1.39. The van der Waals surface area contributed by atoms with Gasteiger partial charge < -0.3 is 19.9 Å². The number of nitrogens with one attached hydrogen (secondary N) is 1. The molecule has 2 aliphatic rings. The minimum Gasteiger partial charge on any atom is -0.453 e. The molecule has 3 amide bonds. The highest BCUT2D eigenvalue weighted by atomic mass is 16.5. The van der Waals surface area contributed by atoms with Gasteiger partial charge in [0.25, 0.3) is 0 Å². The molecule has 0 aromatic rings. The van der Waals surface area contributed by atoms with Gasteiger partial charge in [-0.2, -0.15) is 0 Å². The summed E-state index contributed by atoms with van der Waals surface area (Å²) >= 11 is 0. The molecule has 1 saturated carbocycles. The van der Waals surface area contributed by atoms with Gasteiger partial charge in [0, 0.05) is 32.4 Å². The Hall–Kier alpha value is -1.72. The summed E-state index contributed by atoms with van der Waals surface area (Å²) in [5, 5.41) is 2.82. The fraction of sp³-hybridized carbons (Fsp3) is 0.692. The summed E-state index contributed by atoms with van der Waals surface area (Å²) in [6.45, 7) is 4.17. The van der Waals surface area contributed by atoms with E-state index in [9.17, 15) is 9.59 Å². The molecular formula is C13H21N3O3. The van der Waals surface area contributed by atoms with Crippen LogP contribution in [-0.4, -0.2) is 55.2 Å². The SMILES string of the molecule is COC(=O)N1CCN(C(=O)N/C=C(\C)C2CC2)CC1. The molecule has 0 unspecified atom stereocenters. The zero-order valence-electron chi connectivity index (χ0n) is 11.5. The van der Waals surface area contributed by atoms with Gasteiger partial charge in [-0.05, 0) is 25.7 Å². The van der Waals surface area contributed by atoms with Crippen LogP contribution in [0.5, 0.6) is 0 Å². The minimum atomic E-state index is -0.329. The third-order valence-corrected chi connectivity index (χ3v) is 3.64. The molecular weight excluding hydrogens is 246 g/mol. The van der Waals surface area contributed by atoms with Crippen LogP contribution in [0.2, 0.25) is 0 Å². The first-order valence-corrected chi connectivity index (χ1v) is 6.67. The van der Waals surface area contributed by atoms with Crippen LogP contribution in [0, 0.1) is 5.92 Å². The largest absolute Gasteiger partial charge is 0.453 e. The molecule has 0 atom stereocenters. The summed E-state index contributed by atoms with van der Waals surface area (Å²) in [5.74, 6) is 0.663. The molecule has 2 fully saturated rings. The van der Waals surface area contributed by atoms with Gasteiger partial charge in [0.2, 0.25) is 0 Å². The van der Waals surface area contributed by atoms with Crippen LogP contribution < -0.4 is 5.32 Å². The monoisotopic (exact) mass is 267 g/mol. The van der Waals surface area contributed by atoms with Crippen LogP contribution in [-0.2, 0) is 4.74 Å². The van der Waals surface area contributed by atoms with Gasteiger partial charge in [-0.3, -0.25) is 0 Å². The van der Waals surface area contributed by atoms with E-state index in [1.165, 1.54) is 25.5 Å². The number of amides is 3. The van der Waals surface area contributed by atoms with Crippen molar-refractivity contribution in [3.8, 4) is 0 Å². The van der Waals surface area contributed by atoms with Crippen LogP contribution in [0.1, 0.15) is 19.8 Å². The van der Waals surface area contributed by atoms with Crippen molar-refractivity contribution < 1.29 is 14.3 Å². The lowest BCUT2D eigenvalue weighted by atomic mass is 10.2. The first-order valence-electron chi connectivity index (χ1n) is 6.67. The Labute approximate surface area is 113 Å². The van der Waals surface area contributed by atoms with Gasteiger partial charge >= 0.3 is 12.1 Å². The molecule has 1 saturated heterocycles. The Morgan fingerprint density at radius 1 is 1.16 bits per heavy atom. The summed E-state index contributed by atoms with van der Waals surface area (Å²) in [6.07, 6.45) is 3.95. The van der Waals surface area contributed by atoms with E-state index >= 15 is 0 Å². The Morgan fingerprint density at radius 3 is 2.26 bits per heavy atom. The summed E-state index contributed by atoms with van der Waals surface area (Å²) in [5.41, 5.74) is 1.24. The normalized spacial score (nSPS) is 20.2. The van der Waals surface area contributed by atoms with Crippen molar-refractivity contribution >= 4 is 12.1 Å². The molecule has 19 heavy (non-hydrogen) atoms. The van der Waals surface area contributed by atoms with Gasteiger partial charge in [0.15, 0.2) is 0 Å². The van der Waals surface area contributed by atoms with Crippen LogP contribution >= 0.6 is 0 Å². The second-order valence-electron chi connectivity index (χ2n) is 5.06. The average molecular weight is 267 g/mol. The van der Waals surface area contributed by atoms with E-state index in [1.54, 1.807) is 9.80 Å². The molecule has 0 aromatic carbocycles. The zero-order chi connectivity index (χ0) is 13.8. The van der Waals surface area contributed by atoms with Crippen LogP contribution in [0.15, 0.2) is 11.8 Å². The number of carbonyl (C=O) groups excluding carboxylic acids is 2. The number of ether oxygens (including phenoxy) is 1. The van der Waals surface area contributed by atoms with Gasteiger partial charge in [-0.1, -0.05) is 5.57 Å². The number of piperazine rings is 1. The van der Waals surface area contributed by atoms with Gasteiger partial charge in [-0.15, -0.1) is 0 Å². The van der Waals surface area contributed by atoms with E-state index in [2.05, 4.69) is 10.1 Å². The molecule has 0 spiro atoms. The molecule has 1 N–H and O–H groups in total. The summed E-state index contributed by atoms with van der Waals surface area (Å²) in [4.78, 5) is 26.6. The topological polar surface area (TPSA) is 61.9 Å². The maximum absolute atomic E-state index is 11.9. The van der Waals surface area contributed by atoms with Crippen molar-refractivity contribution in [3.63, 3.8) is 0 Å². The van der Waals surface area contributed by atoms with Gasteiger partial charge in [-0.25, -0.2) is 9.59 Å². The zero-order valence-corrected chi connectivity index (χ0v) is 11.5. The second-order valence-corrected chi connectivity index (χ2v) is 5.06. The van der Waals surface area contributed by atoms with E-state index in [1.807, 2.05) is 13.1 Å². The third kappa shape index (κ3) is 3.62. The lowest BCUT2D eigenvalue weighted by Gasteiger charge is -2.33. The van der Waals surface area contributed by atoms with E-state index in [-0.39, 0.29) is 12.1 Å². The highest BCUT2D eigenvalue weighted by Gasteiger charge is 2.25. The highest BCUT2D eigenvalue weighted by molar-refractivity contribution is 5.76. The Bertz CT molecular complexity index is 383. The lowest BCUT2D eigenvalue weighted by Crippen LogP contribution is -2.52. The number of urea groups is 1. The molecule has 6 heteroatoms. The van der Waals surface area contributed by atoms with Crippen molar-refractivity contribution in [1.82, 2.24) is 15.1 Å². The fourth-order valence-electron chi connectivity index (χ4n) is 2.14. The lowest BCUT2D eigenvalue weighted by molar-refractivity contribution is 0.0976. The number of allylic oxidation sites excluding steroid dienone is 1. The third-order valence-electron chi connectivity index (χ3n) is 3.64. The first kappa shape index (κ1) is 13.7. The fourth-order valence-corrected chi connectivity index (χ4v) is 2.14. The Kier molecular flexibility index (Phi) is 4.29. The van der Waals surface area contributed by atoms with E-state index in [0.717, 1.165) is 0 Å². The molecule has 0 bridgehead atoms. The van der Waals surface area contributed by atoms with Crippen LogP contribution in [0.4, 0.5) is 9.59 Å². The van der Waals surface area contributed by atoms with Crippen molar-refractivity contribution in [2.45, 2.75) is 19.8 Å². The van der Waals surface area contributed by atoms with Gasteiger partial charge in [0.1, 0.15) is 0 Å². The minimum absolute atomic E-state index is 0.0930. The smallest absolute Gasteiger partial charge is 0.409 e. The van der Waals surface area contributed by atoms with E-state index < -0.39 is 0 Å². The van der Waals surface area contributed by atoms with Crippen molar-refractivity contribution in [3.05, 3.63) is 11.8 Å². The quantitative estimate of drug-likeness (QED) is 0.822. The molecule has 0 aromatic heterocycles. The number of nitrogens with zero attached hydrogens (tertiary/aromatic N) is 2. The average Bonchev–Trinajstić information content (AvgIpc) is 3.28. The van der Waals surface area contributed by atoms with E-state index in [0.29, 0.717) is 32.1 Å².